The van der Waals surface area contributed by atoms with Crippen LogP contribution in [0.5, 0.6) is 0 Å². The Bertz CT molecular complexity index is 935. The summed E-state index contributed by atoms with van der Waals surface area (Å²) in [5, 5.41) is 11.4. The second-order valence-electron chi connectivity index (χ2n) is 5.04. The number of aryl methyl sites for hydroxylation is 2. The third kappa shape index (κ3) is 3.51. The predicted octanol–water partition coefficient (Wildman–Crippen LogP) is 1.48. The van der Waals surface area contributed by atoms with Crippen LogP contribution in [-0.2, 0) is 11.2 Å². The first-order valence-electron chi connectivity index (χ1n) is 7.14. The number of hydrogen-bond acceptors (Lipinski definition) is 7. The molecule has 0 spiro atoms. The van der Waals surface area contributed by atoms with Gasteiger partial charge in [0.25, 0.3) is 5.56 Å². The number of aromatic nitrogens is 5. The van der Waals surface area contributed by atoms with Crippen LogP contribution in [0, 0.1) is 13.8 Å². The number of nitrogens with zero attached hydrogens (tertiary/aromatic N) is 4. The normalized spacial score (nSPS) is 10.6. The molecule has 3 aromatic rings. The van der Waals surface area contributed by atoms with Crippen LogP contribution in [0.2, 0.25) is 0 Å². The summed E-state index contributed by atoms with van der Waals surface area (Å²) in [6.45, 7) is 3.49. The number of nitrogens with one attached hydrogen (secondary N) is 2. The Balaban J connectivity index is 1.81. The monoisotopic (exact) mass is 342 g/mol. The second kappa shape index (κ2) is 6.67. The van der Waals surface area contributed by atoms with Gasteiger partial charge in [-0.3, -0.25) is 14.6 Å². The van der Waals surface area contributed by atoms with Crippen LogP contribution in [0.4, 0.5) is 5.13 Å². The molecule has 3 rings (SSSR count). The van der Waals surface area contributed by atoms with Crippen molar-refractivity contribution in [2.45, 2.75) is 20.3 Å². The average molecular weight is 342 g/mol. The first-order valence-corrected chi connectivity index (χ1v) is 7.96. The summed E-state index contributed by atoms with van der Waals surface area (Å²) in [5.74, 6) is 0.0362. The van der Waals surface area contributed by atoms with Gasteiger partial charge in [-0.2, -0.15) is 0 Å². The van der Waals surface area contributed by atoms with E-state index in [1.54, 1.807) is 32.2 Å². The Morgan fingerprint density at radius 1 is 1.29 bits per heavy atom. The Labute approximate surface area is 141 Å². The lowest BCUT2D eigenvalue weighted by Crippen LogP contribution is -2.24. The summed E-state index contributed by atoms with van der Waals surface area (Å²) >= 11 is 1.27. The number of amides is 1. The van der Waals surface area contributed by atoms with Crippen molar-refractivity contribution in [2.75, 3.05) is 5.32 Å². The van der Waals surface area contributed by atoms with Crippen molar-refractivity contribution in [3.8, 4) is 11.5 Å². The third-order valence-electron chi connectivity index (χ3n) is 3.24. The highest BCUT2D eigenvalue weighted by Crippen LogP contribution is 2.15. The molecular formula is C15H14N6O2S. The van der Waals surface area contributed by atoms with Gasteiger partial charge in [0.05, 0.1) is 6.42 Å². The van der Waals surface area contributed by atoms with Crippen molar-refractivity contribution >= 4 is 22.4 Å². The summed E-state index contributed by atoms with van der Waals surface area (Å²) in [7, 11) is 0. The smallest absolute Gasteiger partial charge is 0.255 e. The van der Waals surface area contributed by atoms with Gasteiger partial charge in [-0.15, -0.1) is 10.2 Å². The molecule has 1 amide bonds. The van der Waals surface area contributed by atoms with E-state index in [4.69, 9.17) is 0 Å². The van der Waals surface area contributed by atoms with Crippen LogP contribution in [0.3, 0.4) is 0 Å². The predicted molar refractivity (Wildman–Crippen MR) is 89.8 cm³/mol. The Kier molecular flexibility index (Phi) is 4.43. The van der Waals surface area contributed by atoms with Gasteiger partial charge in [0.1, 0.15) is 10.7 Å². The lowest BCUT2D eigenvalue weighted by Gasteiger charge is -2.06. The number of aromatic amines is 1. The fourth-order valence-electron chi connectivity index (χ4n) is 2.11. The van der Waals surface area contributed by atoms with Crippen LogP contribution in [0.15, 0.2) is 29.2 Å². The summed E-state index contributed by atoms with van der Waals surface area (Å²) in [6, 6.07) is 5.34. The molecule has 8 nitrogen and oxygen atoms in total. The SMILES string of the molecule is Cc1nnc(NC(=O)Cc2c(C)nc(-c3ccccn3)[nH]c2=O)s1. The van der Waals surface area contributed by atoms with Crippen molar-refractivity contribution in [1.82, 2.24) is 25.1 Å². The van der Waals surface area contributed by atoms with E-state index < -0.39 is 0 Å². The maximum absolute atomic E-state index is 12.3. The molecule has 0 saturated heterocycles. The van der Waals surface area contributed by atoms with Crippen LogP contribution in [0.1, 0.15) is 16.3 Å². The molecule has 2 N–H and O–H groups in total. The van der Waals surface area contributed by atoms with Gasteiger partial charge < -0.3 is 10.3 Å². The van der Waals surface area contributed by atoms with Crippen LogP contribution in [0.25, 0.3) is 11.5 Å². The highest BCUT2D eigenvalue weighted by atomic mass is 32.1. The average Bonchev–Trinajstić information content (AvgIpc) is 2.96. The van der Waals surface area contributed by atoms with Crippen LogP contribution >= 0.6 is 11.3 Å². The van der Waals surface area contributed by atoms with E-state index in [9.17, 15) is 9.59 Å². The molecule has 0 aromatic carbocycles. The summed E-state index contributed by atoms with van der Waals surface area (Å²) < 4.78 is 0. The molecule has 0 aliphatic carbocycles. The zero-order valence-electron chi connectivity index (χ0n) is 13.0. The lowest BCUT2D eigenvalue weighted by atomic mass is 10.1. The minimum Gasteiger partial charge on any atom is -0.305 e. The van der Waals surface area contributed by atoms with E-state index in [0.29, 0.717) is 27.9 Å². The molecule has 0 aliphatic rings. The first kappa shape index (κ1) is 15.9. The van der Waals surface area contributed by atoms with Gasteiger partial charge in [-0.25, -0.2) is 4.98 Å². The fraction of sp³-hybridized carbons (Fsp3) is 0.200. The molecule has 0 bridgehead atoms. The lowest BCUT2D eigenvalue weighted by molar-refractivity contribution is -0.115. The fourth-order valence-corrected chi connectivity index (χ4v) is 2.72. The number of H-pyrrole nitrogens is 1. The maximum Gasteiger partial charge on any atom is 0.255 e. The molecule has 0 fully saturated rings. The van der Waals surface area contributed by atoms with Gasteiger partial charge in [0.2, 0.25) is 11.0 Å². The summed E-state index contributed by atoms with van der Waals surface area (Å²) in [6.07, 6.45) is 1.53. The van der Waals surface area contributed by atoms with Crippen LogP contribution < -0.4 is 10.9 Å². The van der Waals surface area contributed by atoms with Crippen molar-refractivity contribution < 1.29 is 4.79 Å². The van der Waals surface area contributed by atoms with Gasteiger partial charge in [0, 0.05) is 17.5 Å². The van der Waals surface area contributed by atoms with Crippen molar-refractivity contribution in [2.24, 2.45) is 0 Å². The number of carbonyl (C=O) groups is 1. The van der Waals surface area contributed by atoms with Crippen molar-refractivity contribution in [3.63, 3.8) is 0 Å². The standard InChI is InChI=1S/C15H14N6O2S/c1-8-10(7-12(22)18-15-21-20-9(2)24-15)14(23)19-13(17-8)11-5-3-4-6-16-11/h3-6H,7H2,1-2H3,(H,17,19,23)(H,18,21,22). The minimum absolute atomic E-state index is 0.0880. The molecule has 9 heteroatoms. The maximum atomic E-state index is 12.3. The quantitative estimate of drug-likeness (QED) is 0.742. The van der Waals surface area contributed by atoms with E-state index >= 15 is 0 Å². The third-order valence-corrected chi connectivity index (χ3v) is 3.99. The van der Waals surface area contributed by atoms with Gasteiger partial charge in [0.15, 0.2) is 5.82 Å². The molecule has 0 aliphatic heterocycles. The summed E-state index contributed by atoms with van der Waals surface area (Å²) in [4.78, 5) is 35.6. The molecular weight excluding hydrogens is 328 g/mol. The van der Waals surface area contributed by atoms with Gasteiger partial charge in [-0.05, 0) is 26.0 Å². The van der Waals surface area contributed by atoms with E-state index in [1.165, 1.54) is 11.3 Å². The topological polar surface area (TPSA) is 114 Å². The number of hydrogen-bond donors (Lipinski definition) is 2. The number of anilines is 1. The Hall–Kier alpha value is -2.94. The molecule has 3 aromatic heterocycles. The molecule has 3 heterocycles. The summed E-state index contributed by atoms with van der Waals surface area (Å²) in [5.41, 5.74) is 1.01. The van der Waals surface area contributed by atoms with E-state index in [1.807, 2.05) is 6.07 Å². The molecule has 0 saturated carbocycles. The minimum atomic E-state index is -0.355. The van der Waals surface area contributed by atoms with E-state index in [0.717, 1.165) is 5.01 Å². The zero-order valence-corrected chi connectivity index (χ0v) is 13.8. The van der Waals surface area contributed by atoms with E-state index in [2.05, 4.69) is 30.5 Å². The molecule has 122 valence electrons. The van der Waals surface area contributed by atoms with Gasteiger partial charge >= 0.3 is 0 Å². The van der Waals surface area contributed by atoms with Gasteiger partial charge in [-0.1, -0.05) is 17.4 Å². The van der Waals surface area contributed by atoms with Crippen molar-refractivity contribution in [1.29, 1.82) is 0 Å². The molecule has 0 atom stereocenters. The largest absolute Gasteiger partial charge is 0.305 e. The molecule has 0 radical (unpaired) electrons. The second-order valence-corrected chi connectivity index (χ2v) is 6.23. The highest BCUT2D eigenvalue weighted by molar-refractivity contribution is 7.15. The first-order chi connectivity index (χ1) is 11.5. The Morgan fingerprint density at radius 2 is 2.12 bits per heavy atom. The van der Waals surface area contributed by atoms with Crippen LogP contribution in [-0.4, -0.2) is 31.1 Å². The van der Waals surface area contributed by atoms with E-state index in [-0.39, 0.29) is 17.9 Å². The highest BCUT2D eigenvalue weighted by Gasteiger charge is 2.15. The molecule has 24 heavy (non-hydrogen) atoms. The number of pyridine rings is 1. The van der Waals surface area contributed by atoms with Crippen molar-refractivity contribution in [3.05, 3.63) is 51.0 Å². The molecule has 0 unspecified atom stereocenters. The zero-order chi connectivity index (χ0) is 17.1. The number of carbonyl (C=O) groups excluding carboxylic acids is 1. The Morgan fingerprint density at radius 3 is 2.75 bits per heavy atom. The number of rotatable bonds is 4.